The summed E-state index contributed by atoms with van der Waals surface area (Å²) < 4.78 is 24.1. The predicted octanol–water partition coefficient (Wildman–Crippen LogP) is 1.51. The first-order chi connectivity index (χ1) is 8.67. The normalized spacial score (nSPS) is 27.0. The summed E-state index contributed by atoms with van der Waals surface area (Å²) in [4.78, 5) is 0.500. The Morgan fingerprint density at radius 1 is 1.11 bits per heavy atom. The maximum absolute atomic E-state index is 12.0. The van der Waals surface area contributed by atoms with Crippen molar-refractivity contribution in [1.29, 1.82) is 0 Å². The Morgan fingerprint density at radius 2 is 1.83 bits per heavy atom. The van der Waals surface area contributed by atoms with E-state index in [-0.39, 0.29) is 11.8 Å². The SMILES string of the molecule is O=S1(=O)CC(NN2CCCCC2)c2ccccc21. The minimum Gasteiger partial charge on any atom is -0.247 e. The smallest absolute Gasteiger partial charge is 0.180 e. The molecule has 0 aliphatic carbocycles. The van der Waals surface area contributed by atoms with Gasteiger partial charge >= 0.3 is 0 Å². The molecule has 1 saturated heterocycles. The zero-order chi connectivity index (χ0) is 12.6. The van der Waals surface area contributed by atoms with Crippen molar-refractivity contribution in [2.75, 3.05) is 18.8 Å². The Kier molecular flexibility index (Phi) is 3.13. The van der Waals surface area contributed by atoms with Crippen LogP contribution < -0.4 is 5.43 Å². The molecule has 1 fully saturated rings. The van der Waals surface area contributed by atoms with E-state index in [0.29, 0.717) is 4.90 Å². The summed E-state index contributed by atoms with van der Waals surface area (Å²) in [6.45, 7) is 2.03. The number of benzene rings is 1. The van der Waals surface area contributed by atoms with Crippen molar-refractivity contribution in [3.05, 3.63) is 29.8 Å². The average Bonchev–Trinajstić information content (AvgIpc) is 2.63. The van der Waals surface area contributed by atoms with E-state index in [1.54, 1.807) is 12.1 Å². The fourth-order valence-corrected chi connectivity index (χ4v) is 4.53. The fraction of sp³-hybridized carbons (Fsp3) is 0.538. The Morgan fingerprint density at radius 3 is 2.61 bits per heavy atom. The predicted molar refractivity (Wildman–Crippen MR) is 69.8 cm³/mol. The average molecular weight is 266 g/mol. The van der Waals surface area contributed by atoms with Gasteiger partial charge in [0, 0.05) is 13.1 Å². The molecule has 1 aromatic rings. The van der Waals surface area contributed by atoms with Crippen LogP contribution in [0.4, 0.5) is 0 Å². The van der Waals surface area contributed by atoms with Gasteiger partial charge in [0.05, 0.1) is 16.7 Å². The Balaban J connectivity index is 1.83. The van der Waals surface area contributed by atoms with Crippen LogP contribution in [-0.2, 0) is 9.84 Å². The Hall–Kier alpha value is -0.910. The van der Waals surface area contributed by atoms with Gasteiger partial charge in [-0.05, 0) is 24.5 Å². The quantitative estimate of drug-likeness (QED) is 0.881. The summed E-state index contributed by atoms with van der Waals surface area (Å²) >= 11 is 0. The molecule has 2 aliphatic rings. The van der Waals surface area contributed by atoms with E-state index in [1.165, 1.54) is 19.3 Å². The van der Waals surface area contributed by atoms with Crippen LogP contribution in [0, 0.1) is 0 Å². The first-order valence-electron chi connectivity index (χ1n) is 6.50. The maximum Gasteiger partial charge on any atom is 0.180 e. The van der Waals surface area contributed by atoms with Crippen LogP contribution in [-0.4, -0.2) is 32.3 Å². The molecule has 4 nitrogen and oxygen atoms in total. The molecule has 5 heteroatoms. The zero-order valence-corrected chi connectivity index (χ0v) is 11.1. The van der Waals surface area contributed by atoms with Crippen LogP contribution in [0.2, 0.25) is 0 Å². The van der Waals surface area contributed by atoms with Gasteiger partial charge in [-0.1, -0.05) is 24.6 Å². The summed E-state index contributed by atoms with van der Waals surface area (Å²) in [5.74, 6) is 0.183. The van der Waals surface area contributed by atoms with Crippen molar-refractivity contribution in [2.24, 2.45) is 0 Å². The van der Waals surface area contributed by atoms with Crippen molar-refractivity contribution < 1.29 is 8.42 Å². The highest BCUT2D eigenvalue weighted by Gasteiger charge is 2.35. The van der Waals surface area contributed by atoms with Gasteiger partial charge < -0.3 is 0 Å². The molecule has 0 aromatic heterocycles. The maximum atomic E-state index is 12.0. The van der Waals surface area contributed by atoms with Gasteiger partial charge in [0.15, 0.2) is 9.84 Å². The number of hydrogen-bond acceptors (Lipinski definition) is 4. The molecule has 1 unspecified atom stereocenters. The second kappa shape index (κ2) is 4.64. The van der Waals surface area contributed by atoms with Gasteiger partial charge in [-0.25, -0.2) is 18.9 Å². The van der Waals surface area contributed by atoms with E-state index in [1.807, 2.05) is 12.1 Å². The molecule has 0 radical (unpaired) electrons. The molecule has 3 rings (SSSR count). The molecule has 1 aromatic carbocycles. The van der Waals surface area contributed by atoms with Crippen LogP contribution in [0.3, 0.4) is 0 Å². The monoisotopic (exact) mass is 266 g/mol. The summed E-state index contributed by atoms with van der Waals surface area (Å²) in [5, 5.41) is 2.17. The van der Waals surface area contributed by atoms with Gasteiger partial charge in [0.1, 0.15) is 0 Å². The fourth-order valence-electron chi connectivity index (χ4n) is 2.80. The molecule has 0 bridgehead atoms. The van der Waals surface area contributed by atoms with Crippen molar-refractivity contribution in [3.8, 4) is 0 Å². The third kappa shape index (κ3) is 2.18. The van der Waals surface area contributed by atoms with Gasteiger partial charge in [-0.2, -0.15) is 0 Å². The highest BCUT2D eigenvalue weighted by molar-refractivity contribution is 7.91. The van der Waals surface area contributed by atoms with Gasteiger partial charge in [0.25, 0.3) is 0 Å². The number of rotatable bonds is 2. The largest absolute Gasteiger partial charge is 0.247 e. The van der Waals surface area contributed by atoms with E-state index in [0.717, 1.165) is 18.7 Å². The topological polar surface area (TPSA) is 49.4 Å². The van der Waals surface area contributed by atoms with Crippen LogP contribution >= 0.6 is 0 Å². The molecule has 2 aliphatic heterocycles. The number of nitrogens with zero attached hydrogens (tertiary/aromatic N) is 1. The molecule has 0 spiro atoms. The van der Waals surface area contributed by atoms with Crippen molar-refractivity contribution in [1.82, 2.24) is 10.4 Å². The second-order valence-corrected chi connectivity index (χ2v) is 7.05. The summed E-state index contributed by atoms with van der Waals surface area (Å²) in [7, 11) is -3.09. The number of hydrogen-bond donors (Lipinski definition) is 1. The summed E-state index contributed by atoms with van der Waals surface area (Å²) in [6.07, 6.45) is 3.65. The van der Waals surface area contributed by atoms with Crippen LogP contribution in [0.25, 0.3) is 0 Å². The molecule has 1 N–H and O–H groups in total. The number of fused-ring (bicyclic) bond motifs is 1. The lowest BCUT2D eigenvalue weighted by Gasteiger charge is -2.30. The molecular weight excluding hydrogens is 248 g/mol. The van der Waals surface area contributed by atoms with E-state index >= 15 is 0 Å². The van der Waals surface area contributed by atoms with Crippen molar-refractivity contribution in [3.63, 3.8) is 0 Å². The molecule has 18 heavy (non-hydrogen) atoms. The molecule has 98 valence electrons. The van der Waals surface area contributed by atoms with Crippen LogP contribution in [0.5, 0.6) is 0 Å². The molecule has 2 heterocycles. The standard InChI is InChI=1S/C13H18N2O2S/c16-18(17)10-12(11-6-2-3-7-13(11)18)14-15-8-4-1-5-9-15/h2-3,6-7,12,14H,1,4-5,8-10H2. The third-order valence-corrected chi connectivity index (χ3v) is 5.52. The highest BCUT2D eigenvalue weighted by Crippen LogP contribution is 2.33. The van der Waals surface area contributed by atoms with Crippen LogP contribution in [0.1, 0.15) is 30.9 Å². The second-order valence-electron chi connectivity index (χ2n) is 5.05. The Labute approximate surface area is 108 Å². The summed E-state index contributed by atoms with van der Waals surface area (Å²) in [5.41, 5.74) is 4.30. The number of nitrogens with one attached hydrogen (secondary N) is 1. The first kappa shape index (κ1) is 12.1. The molecule has 1 atom stereocenters. The third-order valence-electron chi connectivity index (χ3n) is 3.71. The zero-order valence-electron chi connectivity index (χ0n) is 10.3. The van der Waals surface area contributed by atoms with E-state index in [4.69, 9.17) is 0 Å². The van der Waals surface area contributed by atoms with Gasteiger partial charge in [0.2, 0.25) is 0 Å². The number of piperidine rings is 1. The van der Waals surface area contributed by atoms with Crippen molar-refractivity contribution in [2.45, 2.75) is 30.2 Å². The lowest BCUT2D eigenvalue weighted by atomic mass is 10.1. The lowest BCUT2D eigenvalue weighted by molar-refractivity contribution is 0.134. The van der Waals surface area contributed by atoms with E-state index in [9.17, 15) is 8.42 Å². The van der Waals surface area contributed by atoms with E-state index < -0.39 is 9.84 Å². The van der Waals surface area contributed by atoms with Gasteiger partial charge in [-0.15, -0.1) is 0 Å². The van der Waals surface area contributed by atoms with Crippen molar-refractivity contribution >= 4 is 9.84 Å². The van der Waals surface area contributed by atoms with Gasteiger partial charge in [-0.3, -0.25) is 0 Å². The lowest BCUT2D eigenvalue weighted by Crippen LogP contribution is -2.44. The number of hydrazine groups is 1. The first-order valence-corrected chi connectivity index (χ1v) is 8.15. The highest BCUT2D eigenvalue weighted by atomic mass is 32.2. The number of sulfone groups is 1. The van der Waals surface area contributed by atoms with E-state index in [2.05, 4.69) is 10.4 Å². The molecule has 0 saturated carbocycles. The minimum atomic E-state index is -3.09. The molecular formula is C13H18N2O2S. The summed E-state index contributed by atoms with van der Waals surface area (Å²) in [6, 6.07) is 7.25. The van der Waals surface area contributed by atoms with Crippen LogP contribution in [0.15, 0.2) is 29.2 Å². The Bertz CT molecular complexity index is 536. The minimum absolute atomic E-state index is 0.0794. The molecule has 0 amide bonds.